The molecule has 0 radical (unpaired) electrons. The summed E-state index contributed by atoms with van der Waals surface area (Å²) in [6.07, 6.45) is 1.47. The fourth-order valence-corrected chi connectivity index (χ4v) is 2.04. The van der Waals surface area contributed by atoms with Crippen molar-refractivity contribution in [2.24, 2.45) is 0 Å². The van der Waals surface area contributed by atoms with Gasteiger partial charge in [-0.15, -0.1) is 0 Å². The first-order valence-electron chi connectivity index (χ1n) is 6.22. The third-order valence-corrected chi connectivity index (χ3v) is 3.20. The van der Waals surface area contributed by atoms with E-state index in [1.807, 2.05) is 6.92 Å². The van der Waals surface area contributed by atoms with Crippen LogP contribution in [0.15, 0.2) is 18.2 Å². The van der Waals surface area contributed by atoms with E-state index in [9.17, 15) is 23.1 Å². The van der Waals surface area contributed by atoms with Crippen LogP contribution in [0.25, 0.3) is 0 Å². The first-order chi connectivity index (χ1) is 9.65. The van der Waals surface area contributed by atoms with Gasteiger partial charge in [-0.3, -0.25) is 4.79 Å². The van der Waals surface area contributed by atoms with Crippen molar-refractivity contribution in [3.05, 3.63) is 29.3 Å². The molecule has 8 heteroatoms. The number of rotatable bonds is 6. The van der Waals surface area contributed by atoms with Crippen molar-refractivity contribution >= 4 is 22.0 Å². The van der Waals surface area contributed by atoms with Gasteiger partial charge < -0.3 is 14.6 Å². The molecule has 0 fully saturated rings. The van der Waals surface area contributed by atoms with Crippen molar-refractivity contribution in [1.29, 1.82) is 0 Å². The second-order valence-electron chi connectivity index (χ2n) is 4.55. The summed E-state index contributed by atoms with van der Waals surface area (Å²) in [6, 6.07) is 3.71. The number of hydrogen-bond acceptors (Lipinski definition) is 5. The lowest BCUT2D eigenvalue weighted by molar-refractivity contribution is 0.0688. The molecule has 21 heavy (non-hydrogen) atoms. The summed E-state index contributed by atoms with van der Waals surface area (Å²) in [5.41, 5.74) is -0.632. The first kappa shape index (κ1) is 17.0. The maximum Gasteiger partial charge on any atom is 0.340 e. The summed E-state index contributed by atoms with van der Waals surface area (Å²) in [6.45, 7) is 3.64. The highest BCUT2D eigenvalue weighted by atomic mass is 32.2. The molecule has 0 aliphatic heterocycles. The maximum absolute atomic E-state index is 12.1. The Morgan fingerprint density at radius 1 is 1.38 bits per heavy atom. The number of aromatic carboxylic acids is 1. The number of carbonyl (C=O) groups excluding carboxylic acids is 1. The summed E-state index contributed by atoms with van der Waals surface area (Å²) >= 11 is 0. The molecule has 0 heterocycles. The zero-order chi connectivity index (χ0) is 16.2. The molecule has 1 aromatic carbocycles. The van der Waals surface area contributed by atoms with E-state index >= 15 is 0 Å². The van der Waals surface area contributed by atoms with E-state index in [1.165, 1.54) is 18.2 Å². The lowest BCUT2D eigenvalue weighted by atomic mass is 10.1. The first-order valence-corrected chi connectivity index (χ1v) is 8.04. The molecule has 0 saturated carbocycles. The van der Waals surface area contributed by atoms with Crippen LogP contribution in [0.3, 0.4) is 0 Å². The third-order valence-electron chi connectivity index (χ3n) is 2.72. The van der Waals surface area contributed by atoms with Gasteiger partial charge in [-0.2, -0.15) is 8.42 Å². The number of amides is 1. The number of hydrogen-bond donors (Lipinski definition) is 2. The average Bonchev–Trinajstić information content (AvgIpc) is 2.35. The maximum atomic E-state index is 12.1. The van der Waals surface area contributed by atoms with E-state index in [4.69, 9.17) is 0 Å². The van der Waals surface area contributed by atoms with Gasteiger partial charge in [0.05, 0.1) is 11.8 Å². The number of carboxylic acids is 1. The number of benzene rings is 1. The van der Waals surface area contributed by atoms with E-state index in [0.29, 0.717) is 6.42 Å². The summed E-state index contributed by atoms with van der Waals surface area (Å²) in [5.74, 6) is -2.42. The lowest BCUT2D eigenvalue weighted by Gasteiger charge is -2.14. The van der Waals surface area contributed by atoms with Crippen LogP contribution >= 0.6 is 0 Å². The Hall–Kier alpha value is -2.09. The van der Waals surface area contributed by atoms with Crippen molar-refractivity contribution in [2.45, 2.75) is 26.3 Å². The fourth-order valence-electron chi connectivity index (χ4n) is 1.58. The molecule has 1 aromatic rings. The molecule has 0 bridgehead atoms. The summed E-state index contributed by atoms with van der Waals surface area (Å²) < 4.78 is 27.0. The molecule has 7 nitrogen and oxygen atoms in total. The molecule has 1 amide bonds. The van der Waals surface area contributed by atoms with Gasteiger partial charge in [0.15, 0.2) is 5.75 Å². The molecule has 0 saturated heterocycles. The Morgan fingerprint density at radius 3 is 2.48 bits per heavy atom. The minimum atomic E-state index is -3.90. The van der Waals surface area contributed by atoms with Gasteiger partial charge in [-0.1, -0.05) is 13.0 Å². The van der Waals surface area contributed by atoms with Gasteiger partial charge in [0, 0.05) is 6.04 Å². The molecule has 0 aliphatic carbocycles. The van der Waals surface area contributed by atoms with Crippen LogP contribution < -0.4 is 9.50 Å². The van der Waals surface area contributed by atoms with Crippen LogP contribution in [0.2, 0.25) is 0 Å². The predicted octanol–water partition coefficient (Wildman–Crippen LogP) is 1.25. The summed E-state index contributed by atoms with van der Waals surface area (Å²) in [7, 11) is -3.90. The number of carboxylic acid groups (broad SMARTS) is 1. The van der Waals surface area contributed by atoms with Crippen molar-refractivity contribution in [3.63, 3.8) is 0 Å². The van der Waals surface area contributed by atoms with Gasteiger partial charge in [-0.25, -0.2) is 4.79 Å². The minimum absolute atomic E-state index is 0.140. The summed E-state index contributed by atoms with van der Waals surface area (Å²) in [4.78, 5) is 23.4. The van der Waals surface area contributed by atoms with Gasteiger partial charge in [0.1, 0.15) is 5.56 Å². The van der Waals surface area contributed by atoms with Crippen LogP contribution in [0.5, 0.6) is 5.75 Å². The largest absolute Gasteiger partial charge is 0.478 e. The van der Waals surface area contributed by atoms with E-state index in [0.717, 1.165) is 6.26 Å². The Bertz CT molecular complexity index is 653. The lowest BCUT2D eigenvalue weighted by Crippen LogP contribution is -2.33. The Morgan fingerprint density at radius 2 is 2.00 bits per heavy atom. The highest BCUT2D eigenvalue weighted by Crippen LogP contribution is 2.24. The highest BCUT2D eigenvalue weighted by molar-refractivity contribution is 7.86. The molecule has 0 aromatic heterocycles. The van der Waals surface area contributed by atoms with E-state index in [-0.39, 0.29) is 17.4 Å². The summed E-state index contributed by atoms with van der Waals surface area (Å²) in [5, 5.41) is 11.9. The van der Waals surface area contributed by atoms with Crippen LogP contribution in [-0.4, -0.2) is 37.7 Å². The molecular formula is C13H17NO6S. The standard InChI is InChI=1S/C13H17NO6S/c1-4-8(2)14-12(15)9-6-5-7-10(11(9)13(16)17)20-21(3,18)19/h5-8H,4H2,1-3H3,(H,14,15)(H,16,17). The Kier molecular flexibility index (Phi) is 5.31. The van der Waals surface area contributed by atoms with Gasteiger partial charge in [0.2, 0.25) is 0 Å². The van der Waals surface area contributed by atoms with E-state index in [2.05, 4.69) is 9.50 Å². The molecule has 1 rings (SSSR count). The normalized spacial score (nSPS) is 12.5. The molecular weight excluding hydrogens is 298 g/mol. The molecule has 2 N–H and O–H groups in total. The van der Waals surface area contributed by atoms with Crippen LogP contribution in [0.1, 0.15) is 41.0 Å². The second kappa shape index (κ2) is 6.57. The highest BCUT2D eigenvalue weighted by Gasteiger charge is 2.23. The monoisotopic (exact) mass is 315 g/mol. The van der Waals surface area contributed by atoms with E-state index < -0.39 is 27.6 Å². The predicted molar refractivity (Wildman–Crippen MR) is 76.1 cm³/mol. The van der Waals surface area contributed by atoms with Crippen molar-refractivity contribution in [1.82, 2.24) is 5.32 Å². The van der Waals surface area contributed by atoms with E-state index in [1.54, 1.807) is 6.92 Å². The topological polar surface area (TPSA) is 110 Å². The molecule has 1 unspecified atom stereocenters. The average molecular weight is 315 g/mol. The SMILES string of the molecule is CCC(C)NC(=O)c1cccc(OS(C)(=O)=O)c1C(=O)O. The quantitative estimate of drug-likeness (QED) is 0.765. The van der Waals surface area contributed by atoms with Crippen LogP contribution in [-0.2, 0) is 10.1 Å². The zero-order valence-electron chi connectivity index (χ0n) is 11.9. The third kappa shape index (κ3) is 4.75. The van der Waals surface area contributed by atoms with Crippen molar-refractivity contribution < 1.29 is 27.3 Å². The second-order valence-corrected chi connectivity index (χ2v) is 6.13. The Balaban J connectivity index is 3.30. The fraction of sp³-hybridized carbons (Fsp3) is 0.385. The molecule has 0 aliphatic rings. The zero-order valence-corrected chi connectivity index (χ0v) is 12.7. The van der Waals surface area contributed by atoms with Crippen molar-refractivity contribution in [3.8, 4) is 5.75 Å². The van der Waals surface area contributed by atoms with Gasteiger partial charge in [0.25, 0.3) is 5.91 Å². The van der Waals surface area contributed by atoms with Crippen LogP contribution in [0, 0.1) is 0 Å². The Labute approximate surface area is 123 Å². The minimum Gasteiger partial charge on any atom is -0.478 e. The van der Waals surface area contributed by atoms with Crippen molar-refractivity contribution in [2.75, 3.05) is 6.26 Å². The molecule has 0 spiro atoms. The molecule has 116 valence electrons. The smallest absolute Gasteiger partial charge is 0.340 e. The molecule has 1 atom stereocenters. The van der Waals surface area contributed by atoms with Gasteiger partial charge in [-0.05, 0) is 25.5 Å². The number of nitrogens with one attached hydrogen (secondary N) is 1. The van der Waals surface area contributed by atoms with Crippen LogP contribution in [0.4, 0.5) is 0 Å². The van der Waals surface area contributed by atoms with Gasteiger partial charge >= 0.3 is 16.1 Å². The number of carbonyl (C=O) groups is 2.